The van der Waals surface area contributed by atoms with Crippen LogP contribution in [0.25, 0.3) is 0 Å². The minimum absolute atomic E-state index is 0.294. The molecule has 19 heavy (non-hydrogen) atoms. The number of halogens is 5. The molecule has 0 aliphatic rings. The summed E-state index contributed by atoms with van der Waals surface area (Å²) in [6, 6.07) is 0.294. The number of alkyl halides is 3. The summed E-state index contributed by atoms with van der Waals surface area (Å²) in [5.41, 5.74) is 0. The number of aromatic nitrogens is 1. The van der Waals surface area contributed by atoms with Crippen molar-refractivity contribution in [1.29, 1.82) is 0 Å². The van der Waals surface area contributed by atoms with Crippen LogP contribution < -0.4 is 4.74 Å². The van der Waals surface area contributed by atoms with E-state index < -0.39 is 40.5 Å². The van der Waals surface area contributed by atoms with Crippen molar-refractivity contribution in [3.63, 3.8) is 0 Å². The van der Waals surface area contributed by atoms with Gasteiger partial charge in [0.1, 0.15) is 4.90 Å². The first kappa shape index (κ1) is 16.2. The molecule has 0 unspecified atom stereocenters. The molecule has 0 bridgehead atoms. The van der Waals surface area contributed by atoms with E-state index >= 15 is 0 Å². The predicted octanol–water partition coefficient (Wildman–Crippen LogP) is 2.42. The molecule has 0 N–H and O–H groups in total. The Morgan fingerprint density at radius 3 is 2.37 bits per heavy atom. The van der Waals surface area contributed by atoms with Crippen molar-refractivity contribution < 1.29 is 31.2 Å². The van der Waals surface area contributed by atoms with Gasteiger partial charge >= 0.3 is 12.2 Å². The zero-order valence-corrected chi connectivity index (χ0v) is 12.0. The lowest BCUT2D eigenvalue weighted by Crippen LogP contribution is -2.19. The van der Waals surface area contributed by atoms with Gasteiger partial charge in [0, 0.05) is 39.3 Å². The van der Waals surface area contributed by atoms with Crippen LogP contribution >= 0.6 is 33.3 Å². The molecule has 1 heterocycles. The van der Waals surface area contributed by atoms with Gasteiger partial charge in [0.05, 0.1) is 0 Å². The van der Waals surface area contributed by atoms with Gasteiger partial charge < -0.3 is 14.9 Å². The molecule has 0 fully saturated rings. The van der Waals surface area contributed by atoms with Gasteiger partial charge in [-0.3, -0.25) is 0 Å². The topological polar surface area (TPSA) is 99.4 Å². The molecule has 0 saturated carbocycles. The molecule has 0 amide bonds. The van der Waals surface area contributed by atoms with E-state index in [1.807, 2.05) is 0 Å². The summed E-state index contributed by atoms with van der Waals surface area (Å²) < 4.78 is 61.2. The van der Waals surface area contributed by atoms with Crippen molar-refractivity contribution in [3.8, 4) is 5.75 Å². The van der Waals surface area contributed by atoms with E-state index in [9.17, 15) is 31.7 Å². The average Bonchev–Trinajstić information content (AvgIpc) is 2.15. The van der Waals surface area contributed by atoms with Crippen molar-refractivity contribution in [1.82, 2.24) is 4.98 Å². The molecule has 0 atom stereocenters. The zero-order valence-electron chi connectivity index (χ0n) is 8.31. The van der Waals surface area contributed by atoms with Crippen molar-refractivity contribution in [2.45, 2.75) is 11.3 Å². The standard InChI is InChI=1S/C6HClF3IN2O5S/c7-19(16,17)3-1-2(18-6(8,9)10)5(13(14)15)12-4(3)11/h1H. The fourth-order valence-corrected chi connectivity index (χ4v) is 3.44. The third-order valence-corrected chi connectivity index (χ3v) is 4.07. The number of pyridine rings is 1. The largest absolute Gasteiger partial charge is 0.573 e. The highest BCUT2D eigenvalue weighted by atomic mass is 127. The van der Waals surface area contributed by atoms with Crippen LogP contribution in [-0.2, 0) is 9.05 Å². The number of ether oxygens (including phenoxy) is 1. The van der Waals surface area contributed by atoms with E-state index in [4.69, 9.17) is 10.7 Å². The van der Waals surface area contributed by atoms with Gasteiger partial charge in [-0.15, -0.1) is 13.2 Å². The van der Waals surface area contributed by atoms with Crippen LogP contribution in [0.1, 0.15) is 0 Å². The lowest BCUT2D eigenvalue weighted by Gasteiger charge is -2.09. The molecule has 7 nitrogen and oxygen atoms in total. The van der Waals surface area contributed by atoms with Crippen LogP contribution in [0.4, 0.5) is 19.0 Å². The SMILES string of the molecule is O=[N+]([O-])c1nc(I)c(S(=O)(=O)Cl)cc1OC(F)(F)F. The van der Waals surface area contributed by atoms with Crippen LogP contribution in [0.5, 0.6) is 5.75 Å². The Labute approximate surface area is 121 Å². The summed E-state index contributed by atoms with van der Waals surface area (Å²) >= 11 is 1.28. The third-order valence-electron chi connectivity index (χ3n) is 1.55. The minimum atomic E-state index is -5.24. The molecular formula is C6HClF3IN2O5S. The number of rotatable bonds is 3. The Bertz CT molecular complexity index is 634. The van der Waals surface area contributed by atoms with Crippen LogP contribution in [0.15, 0.2) is 11.0 Å². The number of nitro groups is 1. The fourth-order valence-electron chi connectivity index (χ4n) is 0.948. The maximum absolute atomic E-state index is 12.1. The van der Waals surface area contributed by atoms with E-state index in [0.717, 1.165) is 0 Å². The molecule has 0 spiro atoms. The normalized spacial score (nSPS) is 12.3. The Hall–Kier alpha value is -0.890. The highest BCUT2D eigenvalue weighted by Gasteiger charge is 2.37. The summed E-state index contributed by atoms with van der Waals surface area (Å²) in [4.78, 5) is 11.6. The van der Waals surface area contributed by atoms with Gasteiger partial charge in [0.25, 0.3) is 9.05 Å². The Morgan fingerprint density at radius 1 is 1.47 bits per heavy atom. The van der Waals surface area contributed by atoms with E-state index in [1.165, 1.54) is 22.6 Å². The quantitative estimate of drug-likeness (QED) is 0.239. The predicted molar refractivity (Wildman–Crippen MR) is 63.3 cm³/mol. The van der Waals surface area contributed by atoms with E-state index in [1.54, 1.807) is 0 Å². The van der Waals surface area contributed by atoms with Crippen molar-refractivity contribution in [2.75, 3.05) is 0 Å². The maximum Gasteiger partial charge on any atom is 0.573 e. The summed E-state index contributed by atoms with van der Waals surface area (Å²) in [5.74, 6) is -2.64. The summed E-state index contributed by atoms with van der Waals surface area (Å²) in [6.45, 7) is 0. The molecule has 0 aliphatic carbocycles. The lowest BCUT2D eigenvalue weighted by atomic mass is 10.4. The summed E-state index contributed by atoms with van der Waals surface area (Å²) in [5, 5.41) is 10.5. The number of hydrogen-bond donors (Lipinski definition) is 0. The van der Waals surface area contributed by atoms with Crippen LogP contribution in [0.2, 0.25) is 0 Å². The molecule has 0 radical (unpaired) electrons. The van der Waals surface area contributed by atoms with Crippen molar-refractivity contribution >= 4 is 48.1 Å². The monoisotopic (exact) mass is 432 g/mol. The van der Waals surface area contributed by atoms with Gasteiger partial charge in [-0.1, -0.05) is 0 Å². The Balaban J connectivity index is 3.53. The molecule has 1 aromatic heterocycles. The van der Waals surface area contributed by atoms with Crippen molar-refractivity contribution in [3.05, 3.63) is 19.9 Å². The highest BCUT2D eigenvalue weighted by molar-refractivity contribution is 14.1. The van der Waals surface area contributed by atoms with Crippen molar-refractivity contribution in [2.24, 2.45) is 0 Å². The van der Waals surface area contributed by atoms with Crippen LogP contribution in [0.3, 0.4) is 0 Å². The first-order chi connectivity index (χ1) is 8.42. The molecule has 0 aliphatic heterocycles. The van der Waals surface area contributed by atoms with E-state index in [-0.39, 0.29) is 0 Å². The lowest BCUT2D eigenvalue weighted by molar-refractivity contribution is -0.393. The van der Waals surface area contributed by atoms with Crippen LogP contribution in [0, 0.1) is 13.8 Å². The Morgan fingerprint density at radius 2 is 2.00 bits per heavy atom. The number of hydrogen-bond acceptors (Lipinski definition) is 6. The van der Waals surface area contributed by atoms with Crippen LogP contribution in [-0.4, -0.2) is 24.7 Å². The van der Waals surface area contributed by atoms with E-state index in [0.29, 0.717) is 6.07 Å². The minimum Gasteiger partial charge on any atom is -0.397 e. The van der Waals surface area contributed by atoms with Gasteiger partial charge in [-0.25, -0.2) is 8.42 Å². The molecule has 13 heteroatoms. The Kier molecular flexibility index (Phi) is 4.46. The average molecular weight is 433 g/mol. The molecular weight excluding hydrogens is 431 g/mol. The summed E-state index contributed by atoms with van der Waals surface area (Å²) in [6.07, 6.45) is -5.24. The molecule has 0 saturated heterocycles. The number of nitrogens with zero attached hydrogens (tertiary/aromatic N) is 2. The molecule has 1 rings (SSSR count). The first-order valence-corrected chi connectivity index (χ1v) is 7.36. The summed E-state index contributed by atoms with van der Waals surface area (Å²) in [7, 11) is 0.538. The van der Waals surface area contributed by atoms with Gasteiger partial charge in [0.2, 0.25) is 9.45 Å². The highest BCUT2D eigenvalue weighted by Crippen LogP contribution is 2.35. The van der Waals surface area contributed by atoms with Gasteiger partial charge in [-0.05, 0) is 9.91 Å². The molecule has 1 aromatic rings. The molecule has 106 valence electrons. The third kappa shape index (κ3) is 4.31. The second-order valence-electron chi connectivity index (χ2n) is 2.84. The molecule has 0 aromatic carbocycles. The zero-order chi connectivity index (χ0) is 15.0. The van der Waals surface area contributed by atoms with Gasteiger partial charge in [0.15, 0.2) is 0 Å². The second kappa shape index (κ2) is 5.24. The smallest absolute Gasteiger partial charge is 0.397 e. The maximum atomic E-state index is 12.1. The second-order valence-corrected chi connectivity index (χ2v) is 6.40. The first-order valence-electron chi connectivity index (χ1n) is 3.97. The van der Waals surface area contributed by atoms with E-state index in [2.05, 4.69) is 9.72 Å². The fraction of sp³-hybridized carbons (Fsp3) is 0.167. The van der Waals surface area contributed by atoms with Gasteiger partial charge in [-0.2, -0.15) is 0 Å².